The molecule has 0 amide bonds. The van der Waals surface area contributed by atoms with Gasteiger partial charge in [-0.15, -0.1) is 34.0 Å². The summed E-state index contributed by atoms with van der Waals surface area (Å²) in [4.78, 5) is 13.9. The zero-order valence-electron chi connectivity index (χ0n) is 10.7. The van der Waals surface area contributed by atoms with Gasteiger partial charge in [0.2, 0.25) is 0 Å². The zero-order chi connectivity index (χ0) is 13.5. The van der Waals surface area contributed by atoms with Crippen molar-refractivity contribution >= 4 is 44.2 Å². The predicted molar refractivity (Wildman–Crippen MR) is 88.8 cm³/mol. The van der Waals surface area contributed by atoms with Gasteiger partial charge in [0.05, 0.1) is 4.88 Å². The van der Waals surface area contributed by atoms with Gasteiger partial charge in [0.25, 0.3) is 0 Å². The number of fused-ring (bicyclic) bond motifs is 1. The highest BCUT2D eigenvalue weighted by atomic mass is 32.1. The molecule has 4 heterocycles. The first-order valence-electron chi connectivity index (χ1n) is 6.17. The van der Waals surface area contributed by atoms with Gasteiger partial charge in [-0.05, 0) is 29.8 Å². The fraction of sp³-hybridized carbons (Fsp3) is 0.0667. The van der Waals surface area contributed by atoms with Crippen molar-refractivity contribution in [2.45, 2.75) is 6.92 Å². The Labute approximate surface area is 128 Å². The van der Waals surface area contributed by atoms with E-state index in [1.165, 1.54) is 20.2 Å². The van der Waals surface area contributed by atoms with E-state index >= 15 is 0 Å². The Morgan fingerprint density at radius 1 is 1.00 bits per heavy atom. The third kappa shape index (κ3) is 1.90. The van der Waals surface area contributed by atoms with Gasteiger partial charge in [-0.25, -0.2) is 9.97 Å². The van der Waals surface area contributed by atoms with Crippen molar-refractivity contribution in [2.24, 2.45) is 0 Å². The van der Waals surface area contributed by atoms with Gasteiger partial charge in [-0.3, -0.25) is 0 Å². The van der Waals surface area contributed by atoms with Crippen molar-refractivity contribution in [3.63, 3.8) is 0 Å². The van der Waals surface area contributed by atoms with Crippen LogP contribution in [0.4, 0.5) is 0 Å². The summed E-state index contributed by atoms with van der Waals surface area (Å²) in [7, 11) is 0. The number of rotatable bonds is 2. The highest BCUT2D eigenvalue weighted by Gasteiger charge is 2.18. The summed E-state index contributed by atoms with van der Waals surface area (Å²) in [6.45, 7) is 1.94. The molecule has 0 atom stereocenters. The second-order valence-electron chi connectivity index (χ2n) is 4.40. The van der Waals surface area contributed by atoms with E-state index in [0.717, 1.165) is 16.0 Å². The van der Waals surface area contributed by atoms with Gasteiger partial charge in [-0.2, -0.15) is 0 Å². The molecule has 4 rings (SSSR count). The first-order valence-corrected chi connectivity index (χ1v) is 8.74. The average molecular weight is 314 g/mol. The van der Waals surface area contributed by atoms with Crippen molar-refractivity contribution < 1.29 is 0 Å². The maximum absolute atomic E-state index is 4.59. The van der Waals surface area contributed by atoms with E-state index in [4.69, 9.17) is 0 Å². The van der Waals surface area contributed by atoms with Crippen LogP contribution in [0.1, 0.15) is 5.82 Å². The number of aryl methyl sites for hydroxylation is 1. The van der Waals surface area contributed by atoms with Crippen molar-refractivity contribution in [2.75, 3.05) is 0 Å². The van der Waals surface area contributed by atoms with E-state index < -0.39 is 0 Å². The van der Waals surface area contributed by atoms with Crippen LogP contribution in [0.2, 0.25) is 0 Å². The molecule has 0 aliphatic rings. The van der Waals surface area contributed by atoms with Crippen LogP contribution in [0.25, 0.3) is 30.4 Å². The molecule has 0 saturated heterocycles. The predicted octanol–water partition coefficient (Wildman–Crippen LogP) is 5.46. The number of hydrogen-bond acceptors (Lipinski definition) is 5. The summed E-state index contributed by atoms with van der Waals surface area (Å²) in [6, 6.07) is 8.53. The van der Waals surface area contributed by atoms with Crippen LogP contribution in [0.3, 0.4) is 0 Å². The van der Waals surface area contributed by atoms with Crippen LogP contribution in [-0.2, 0) is 0 Å². The van der Waals surface area contributed by atoms with Gasteiger partial charge in [0.1, 0.15) is 10.7 Å². The van der Waals surface area contributed by atoms with Crippen molar-refractivity contribution in [3.8, 4) is 20.2 Å². The van der Waals surface area contributed by atoms with E-state index in [1.54, 1.807) is 34.0 Å². The van der Waals surface area contributed by atoms with Crippen LogP contribution in [0.5, 0.6) is 0 Å². The smallest absolute Gasteiger partial charge is 0.128 e. The van der Waals surface area contributed by atoms with Crippen LogP contribution < -0.4 is 0 Å². The summed E-state index contributed by atoms with van der Waals surface area (Å²) in [5.74, 6) is 0.828. The second-order valence-corrected chi connectivity index (χ2v) is 7.29. The first kappa shape index (κ1) is 12.2. The standard InChI is InChI=1S/C15H10N2S3/c1-9-16-8-10-13(11-4-2-6-18-11)14(20-15(10)17-9)12-5-3-7-19-12/h2-8H,1H3. The Morgan fingerprint density at radius 2 is 1.75 bits per heavy atom. The van der Waals surface area contributed by atoms with Crippen molar-refractivity contribution in [3.05, 3.63) is 47.0 Å². The maximum atomic E-state index is 4.59. The van der Waals surface area contributed by atoms with E-state index in [-0.39, 0.29) is 0 Å². The minimum Gasteiger partial charge on any atom is -0.241 e. The van der Waals surface area contributed by atoms with Crippen molar-refractivity contribution in [1.82, 2.24) is 9.97 Å². The molecule has 0 fully saturated rings. The van der Waals surface area contributed by atoms with E-state index in [1.807, 2.05) is 13.1 Å². The summed E-state index contributed by atoms with van der Waals surface area (Å²) in [5, 5.41) is 5.40. The van der Waals surface area contributed by atoms with Gasteiger partial charge < -0.3 is 0 Å². The SMILES string of the molecule is Cc1ncc2c(-c3cccs3)c(-c3cccs3)sc2n1. The average Bonchev–Trinajstić information content (AvgIpc) is 3.17. The Hall–Kier alpha value is -1.56. The molecule has 20 heavy (non-hydrogen) atoms. The van der Waals surface area contributed by atoms with E-state index in [2.05, 4.69) is 45.0 Å². The largest absolute Gasteiger partial charge is 0.241 e. The lowest BCUT2D eigenvalue weighted by Crippen LogP contribution is -1.84. The van der Waals surface area contributed by atoms with Crippen LogP contribution in [0, 0.1) is 6.92 Å². The second kappa shape index (κ2) is 4.77. The normalized spacial score (nSPS) is 11.2. The monoisotopic (exact) mass is 314 g/mol. The molecule has 0 aliphatic heterocycles. The molecular weight excluding hydrogens is 304 g/mol. The van der Waals surface area contributed by atoms with Crippen LogP contribution >= 0.6 is 34.0 Å². The molecule has 98 valence electrons. The molecule has 4 aromatic rings. The fourth-order valence-electron chi connectivity index (χ4n) is 2.22. The fourth-order valence-corrected chi connectivity index (χ4v) is 5.14. The number of thiophene rings is 3. The van der Waals surface area contributed by atoms with Gasteiger partial charge >= 0.3 is 0 Å². The third-order valence-corrected chi connectivity index (χ3v) is 6.12. The lowest BCUT2D eigenvalue weighted by molar-refractivity contribution is 1.10. The number of hydrogen-bond donors (Lipinski definition) is 0. The Morgan fingerprint density at radius 3 is 2.45 bits per heavy atom. The van der Waals surface area contributed by atoms with Crippen molar-refractivity contribution in [1.29, 1.82) is 0 Å². The highest BCUT2D eigenvalue weighted by molar-refractivity contribution is 7.26. The molecule has 0 unspecified atom stereocenters. The lowest BCUT2D eigenvalue weighted by atomic mass is 10.1. The molecule has 5 heteroatoms. The van der Waals surface area contributed by atoms with Crippen LogP contribution in [0.15, 0.2) is 41.2 Å². The topological polar surface area (TPSA) is 25.8 Å². The Balaban J connectivity index is 2.09. The Bertz CT molecular complexity index is 858. The molecular formula is C15H10N2S3. The highest BCUT2D eigenvalue weighted by Crippen LogP contribution is 2.46. The minimum absolute atomic E-state index is 0.828. The summed E-state index contributed by atoms with van der Waals surface area (Å²) in [5.41, 5.74) is 1.28. The van der Waals surface area contributed by atoms with E-state index in [9.17, 15) is 0 Å². The number of nitrogens with zero attached hydrogens (tertiary/aromatic N) is 2. The molecule has 4 aromatic heterocycles. The number of aromatic nitrogens is 2. The lowest BCUT2D eigenvalue weighted by Gasteiger charge is -1.99. The zero-order valence-corrected chi connectivity index (χ0v) is 13.1. The first-order chi connectivity index (χ1) is 9.83. The van der Waals surface area contributed by atoms with E-state index in [0.29, 0.717) is 0 Å². The maximum Gasteiger partial charge on any atom is 0.128 e. The minimum atomic E-state index is 0.828. The quantitative estimate of drug-likeness (QED) is 0.491. The molecule has 0 radical (unpaired) electrons. The summed E-state index contributed by atoms with van der Waals surface area (Å²) < 4.78 is 0. The molecule has 2 nitrogen and oxygen atoms in total. The van der Waals surface area contributed by atoms with Crippen LogP contribution in [-0.4, -0.2) is 9.97 Å². The molecule has 0 saturated carbocycles. The molecule has 0 aliphatic carbocycles. The van der Waals surface area contributed by atoms with Gasteiger partial charge in [-0.1, -0.05) is 12.1 Å². The molecule has 0 N–H and O–H groups in total. The summed E-state index contributed by atoms with van der Waals surface area (Å²) >= 11 is 5.30. The Kier molecular flexibility index (Phi) is 2.91. The molecule has 0 bridgehead atoms. The molecule has 0 aromatic carbocycles. The third-order valence-electron chi connectivity index (χ3n) is 3.08. The molecule has 0 spiro atoms. The van der Waals surface area contributed by atoms with Gasteiger partial charge in [0.15, 0.2) is 0 Å². The van der Waals surface area contributed by atoms with Gasteiger partial charge in [0, 0.05) is 26.9 Å². The summed E-state index contributed by atoms with van der Waals surface area (Å²) in [6.07, 6.45) is 1.96.